The first-order chi connectivity index (χ1) is 11.5. The van der Waals surface area contributed by atoms with Gasteiger partial charge in [-0.15, -0.1) is 11.3 Å². The van der Waals surface area contributed by atoms with Crippen LogP contribution >= 0.6 is 11.3 Å². The zero-order chi connectivity index (χ0) is 17.2. The van der Waals surface area contributed by atoms with Crippen LogP contribution in [0, 0.1) is 0 Å². The van der Waals surface area contributed by atoms with Crippen LogP contribution in [0.2, 0.25) is 0 Å². The third-order valence-corrected chi connectivity index (χ3v) is 3.90. The lowest BCUT2D eigenvalue weighted by molar-refractivity contribution is -0.137. The zero-order valence-corrected chi connectivity index (χ0v) is 13.3. The van der Waals surface area contributed by atoms with Crippen LogP contribution in [0.15, 0.2) is 47.8 Å². The summed E-state index contributed by atoms with van der Waals surface area (Å²) in [5, 5.41) is 5.14. The Bertz CT molecular complexity index is 848. The van der Waals surface area contributed by atoms with Crippen molar-refractivity contribution in [1.82, 2.24) is 9.97 Å². The minimum absolute atomic E-state index is 0.323. The lowest BCUT2D eigenvalue weighted by atomic mass is 10.2. The first-order valence-corrected chi connectivity index (χ1v) is 7.75. The molecule has 4 nitrogen and oxygen atoms in total. The van der Waals surface area contributed by atoms with Gasteiger partial charge >= 0.3 is 6.18 Å². The molecule has 124 valence electrons. The van der Waals surface area contributed by atoms with Gasteiger partial charge in [0.1, 0.15) is 5.69 Å². The third-order valence-electron chi connectivity index (χ3n) is 3.14. The lowest BCUT2D eigenvalue weighted by Gasteiger charge is -2.08. The number of alkyl halides is 3. The number of nitrogens with zero attached hydrogens (tertiary/aromatic N) is 2. The monoisotopic (exact) mass is 351 g/mol. The maximum Gasteiger partial charge on any atom is 0.416 e. The van der Waals surface area contributed by atoms with Gasteiger partial charge in [-0.25, -0.2) is 9.97 Å². The highest BCUT2D eigenvalue weighted by Crippen LogP contribution is 2.32. The summed E-state index contributed by atoms with van der Waals surface area (Å²) in [6.45, 7) is 0. The van der Waals surface area contributed by atoms with Crippen LogP contribution in [-0.4, -0.2) is 17.1 Å². The Morgan fingerprint density at radius 1 is 1.04 bits per heavy atom. The summed E-state index contributed by atoms with van der Waals surface area (Å²) in [7, 11) is 1.52. The van der Waals surface area contributed by atoms with Crippen molar-refractivity contribution >= 4 is 22.2 Å². The fourth-order valence-electron chi connectivity index (χ4n) is 2.02. The predicted molar refractivity (Wildman–Crippen MR) is 86.6 cm³/mol. The van der Waals surface area contributed by atoms with Crippen LogP contribution < -0.4 is 10.1 Å². The number of thiazole rings is 1. The van der Waals surface area contributed by atoms with Crippen molar-refractivity contribution < 1.29 is 17.9 Å². The fourth-order valence-corrected chi connectivity index (χ4v) is 2.74. The summed E-state index contributed by atoms with van der Waals surface area (Å²) in [5.41, 5.74) is 0.860. The average molecular weight is 351 g/mol. The van der Waals surface area contributed by atoms with Crippen molar-refractivity contribution in [2.24, 2.45) is 0 Å². The van der Waals surface area contributed by atoms with E-state index in [4.69, 9.17) is 4.74 Å². The van der Waals surface area contributed by atoms with Crippen LogP contribution in [0.1, 0.15) is 5.56 Å². The Labute approximate surface area is 140 Å². The zero-order valence-electron chi connectivity index (χ0n) is 12.5. The molecule has 3 rings (SSSR count). The molecule has 0 aliphatic carbocycles. The molecule has 3 aromatic rings. The van der Waals surface area contributed by atoms with Gasteiger partial charge in [0.2, 0.25) is 5.88 Å². The normalized spacial score (nSPS) is 11.3. The molecule has 24 heavy (non-hydrogen) atoms. The molecule has 2 aromatic heterocycles. The Morgan fingerprint density at radius 2 is 1.83 bits per heavy atom. The van der Waals surface area contributed by atoms with E-state index >= 15 is 0 Å². The molecule has 0 saturated heterocycles. The van der Waals surface area contributed by atoms with Gasteiger partial charge in [0.25, 0.3) is 0 Å². The van der Waals surface area contributed by atoms with E-state index in [-0.39, 0.29) is 0 Å². The molecule has 0 unspecified atom stereocenters. The molecule has 0 saturated carbocycles. The third kappa shape index (κ3) is 3.65. The first kappa shape index (κ1) is 16.3. The number of hydrogen-bond acceptors (Lipinski definition) is 5. The molecule has 0 spiro atoms. The van der Waals surface area contributed by atoms with Crippen LogP contribution in [-0.2, 0) is 6.18 Å². The number of benzene rings is 1. The van der Waals surface area contributed by atoms with Crippen molar-refractivity contribution in [3.8, 4) is 17.3 Å². The minimum atomic E-state index is -4.38. The van der Waals surface area contributed by atoms with Gasteiger partial charge in [0, 0.05) is 17.1 Å². The number of ether oxygens (including phenoxy) is 1. The largest absolute Gasteiger partial charge is 0.481 e. The van der Waals surface area contributed by atoms with Crippen molar-refractivity contribution in [3.63, 3.8) is 0 Å². The molecule has 0 fully saturated rings. The SMILES string of the molecule is COc1cccc(-c2csc(Nc3cccc(C(F)(F)F)c3)n2)n1. The Kier molecular flexibility index (Phi) is 4.39. The molecular weight excluding hydrogens is 339 g/mol. The molecule has 1 N–H and O–H groups in total. The van der Waals surface area contributed by atoms with E-state index in [0.717, 1.165) is 12.1 Å². The van der Waals surface area contributed by atoms with Crippen LogP contribution in [0.25, 0.3) is 11.4 Å². The van der Waals surface area contributed by atoms with E-state index in [1.807, 2.05) is 0 Å². The van der Waals surface area contributed by atoms with E-state index in [9.17, 15) is 13.2 Å². The summed E-state index contributed by atoms with van der Waals surface area (Å²) in [6, 6.07) is 10.3. The number of pyridine rings is 1. The molecule has 0 amide bonds. The Hall–Kier alpha value is -2.61. The highest BCUT2D eigenvalue weighted by atomic mass is 32.1. The second kappa shape index (κ2) is 6.48. The molecule has 0 radical (unpaired) electrons. The maximum atomic E-state index is 12.7. The summed E-state index contributed by atoms with van der Waals surface area (Å²) in [5.74, 6) is 0.466. The fraction of sp³-hybridized carbons (Fsp3) is 0.125. The number of nitrogens with one attached hydrogen (secondary N) is 1. The van der Waals surface area contributed by atoms with E-state index in [1.165, 1.54) is 24.5 Å². The van der Waals surface area contributed by atoms with E-state index in [0.29, 0.717) is 28.1 Å². The van der Waals surface area contributed by atoms with Crippen LogP contribution in [0.3, 0.4) is 0 Å². The Balaban J connectivity index is 1.81. The van der Waals surface area contributed by atoms with Gasteiger partial charge in [-0.3, -0.25) is 0 Å². The number of anilines is 2. The summed E-state index contributed by atoms with van der Waals surface area (Å²) >= 11 is 1.28. The lowest BCUT2D eigenvalue weighted by Crippen LogP contribution is -2.05. The highest BCUT2D eigenvalue weighted by molar-refractivity contribution is 7.14. The van der Waals surface area contributed by atoms with Crippen molar-refractivity contribution in [2.75, 3.05) is 12.4 Å². The predicted octanol–water partition coefficient (Wildman–Crippen LogP) is 4.98. The second-order valence-corrected chi connectivity index (χ2v) is 5.66. The molecule has 0 bridgehead atoms. The van der Waals surface area contributed by atoms with E-state index in [2.05, 4.69) is 15.3 Å². The van der Waals surface area contributed by atoms with Gasteiger partial charge in [0.05, 0.1) is 18.4 Å². The number of rotatable bonds is 4. The summed E-state index contributed by atoms with van der Waals surface area (Å²) < 4.78 is 43.3. The summed E-state index contributed by atoms with van der Waals surface area (Å²) in [6.07, 6.45) is -4.38. The summed E-state index contributed by atoms with van der Waals surface area (Å²) in [4.78, 5) is 8.62. The molecule has 0 aliphatic heterocycles. The van der Waals surface area contributed by atoms with Crippen molar-refractivity contribution in [2.45, 2.75) is 6.18 Å². The number of aromatic nitrogens is 2. The van der Waals surface area contributed by atoms with E-state index in [1.54, 1.807) is 29.6 Å². The standard InChI is InChI=1S/C16H12F3N3OS/c1-23-14-7-3-6-12(21-14)13-9-24-15(22-13)20-11-5-2-4-10(8-11)16(17,18)19/h2-9H,1H3,(H,20,22). The molecule has 0 atom stereocenters. The topological polar surface area (TPSA) is 47.0 Å². The molecule has 1 aromatic carbocycles. The minimum Gasteiger partial charge on any atom is -0.481 e. The first-order valence-electron chi connectivity index (χ1n) is 6.87. The average Bonchev–Trinajstić information content (AvgIpc) is 3.03. The van der Waals surface area contributed by atoms with Crippen molar-refractivity contribution in [1.29, 1.82) is 0 Å². The van der Waals surface area contributed by atoms with Gasteiger partial charge < -0.3 is 10.1 Å². The smallest absolute Gasteiger partial charge is 0.416 e. The van der Waals surface area contributed by atoms with Crippen LogP contribution in [0.4, 0.5) is 24.0 Å². The molecule has 2 heterocycles. The molecule has 0 aliphatic rings. The van der Waals surface area contributed by atoms with Gasteiger partial charge in [0.15, 0.2) is 5.13 Å². The number of halogens is 3. The van der Waals surface area contributed by atoms with Gasteiger partial charge in [-0.05, 0) is 24.3 Å². The maximum absolute atomic E-state index is 12.7. The van der Waals surface area contributed by atoms with Gasteiger partial charge in [-0.1, -0.05) is 12.1 Å². The molecule has 8 heteroatoms. The number of hydrogen-bond donors (Lipinski definition) is 1. The van der Waals surface area contributed by atoms with Crippen LogP contribution in [0.5, 0.6) is 5.88 Å². The number of methoxy groups -OCH3 is 1. The van der Waals surface area contributed by atoms with Gasteiger partial charge in [-0.2, -0.15) is 13.2 Å². The van der Waals surface area contributed by atoms with Crippen molar-refractivity contribution in [3.05, 3.63) is 53.4 Å². The second-order valence-electron chi connectivity index (χ2n) is 4.81. The Morgan fingerprint density at radius 3 is 2.58 bits per heavy atom. The molecular formula is C16H12F3N3OS. The quantitative estimate of drug-likeness (QED) is 0.720. The van der Waals surface area contributed by atoms with E-state index < -0.39 is 11.7 Å². The highest BCUT2D eigenvalue weighted by Gasteiger charge is 2.30.